The first kappa shape index (κ1) is 14.4. The monoisotopic (exact) mass is 271 g/mol. The lowest BCUT2D eigenvalue weighted by Gasteiger charge is -2.43. The molecule has 0 radical (unpaired) electrons. The third-order valence-corrected chi connectivity index (χ3v) is 4.15. The highest BCUT2D eigenvalue weighted by Gasteiger charge is 2.40. The molecule has 0 N–H and O–H groups in total. The fourth-order valence-corrected chi connectivity index (χ4v) is 2.75. The molecular weight excluding hydrogens is 251 g/mol. The third kappa shape index (κ3) is 3.11. The molecule has 1 aliphatic carbocycles. The molecule has 1 aromatic rings. The Hall–Kier alpha value is -1.03. The molecule has 0 spiro atoms. The van der Waals surface area contributed by atoms with Gasteiger partial charge < -0.3 is 4.90 Å². The Morgan fingerprint density at radius 1 is 1.21 bits per heavy atom. The van der Waals surface area contributed by atoms with Crippen molar-refractivity contribution in [1.82, 2.24) is 4.90 Å². The van der Waals surface area contributed by atoms with Crippen molar-refractivity contribution < 1.29 is 13.2 Å². The average Bonchev–Trinajstić information content (AvgIpc) is 2.26. The van der Waals surface area contributed by atoms with Crippen LogP contribution in [0.1, 0.15) is 36.8 Å². The van der Waals surface area contributed by atoms with Crippen molar-refractivity contribution in [2.45, 2.75) is 37.3 Å². The van der Waals surface area contributed by atoms with E-state index in [-0.39, 0.29) is 5.41 Å². The Morgan fingerprint density at radius 3 is 2.37 bits per heavy atom. The van der Waals surface area contributed by atoms with Gasteiger partial charge in [-0.3, -0.25) is 0 Å². The minimum Gasteiger partial charge on any atom is -0.309 e. The molecule has 106 valence electrons. The predicted molar refractivity (Wildman–Crippen MR) is 70.1 cm³/mol. The highest BCUT2D eigenvalue weighted by atomic mass is 19.4. The first-order valence-electron chi connectivity index (χ1n) is 6.66. The van der Waals surface area contributed by atoms with E-state index in [2.05, 4.69) is 4.90 Å². The lowest BCUT2D eigenvalue weighted by molar-refractivity contribution is -0.137. The summed E-state index contributed by atoms with van der Waals surface area (Å²) >= 11 is 0. The molecule has 0 saturated heterocycles. The molecule has 0 unspecified atom stereocenters. The molecule has 0 aliphatic heterocycles. The predicted octanol–water partition coefficient (Wildman–Crippen LogP) is 4.08. The highest BCUT2D eigenvalue weighted by molar-refractivity contribution is 5.33. The molecule has 0 amide bonds. The Kier molecular flexibility index (Phi) is 3.90. The Bertz CT molecular complexity index is 433. The maximum Gasteiger partial charge on any atom is 0.416 e. The van der Waals surface area contributed by atoms with Crippen molar-refractivity contribution in [2.75, 3.05) is 20.6 Å². The fourth-order valence-electron chi connectivity index (χ4n) is 2.75. The standard InChI is InChI=1S/C15H20F3N/c1-19(2)10-9-14(7-4-8-14)12-5-3-6-13(11-12)15(16,17)18/h3,5-6,11H,4,7-10H2,1-2H3. The van der Waals surface area contributed by atoms with Crippen molar-refractivity contribution in [2.24, 2.45) is 0 Å². The molecule has 0 heterocycles. The van der Waals surface area contributed by atoms with Gasteiger partial charge in [0, 0.05) is 0 Å². The van der Waals surface area contributed by atoms with Gasteiger partial charge in [0.1, 0.15) is 0 Å². The summed E-state index contributed by atoms with van der Waals surface area (Å²) in [6.45, 7) is 0.913. The molecule has 19 heavy (non-hydrogen) atoms. The van der Waals surface area contributed by atoms with Crippen molar-refractivity contribution in [3.05, 3.63) is 35.4 Å². The first-order valence-corrected chi connectivity index (χ1v) is 6.66. The fraction of sp³-hybridized carbons (Fsp3) is 0.600. The van der Waals surface area contributed by atoms with Gasteiger partial charge >= 0.3 is 6.18 Å². The number of halogens is 3. The van der Waals surface area contributed by atoms with E-state index in [9.17, 15) is 13.2 Å². The van der Waals surface area contributed by atoms with E-state index in [1.165, 1.54) is 12.1 Å². The summed E-state index contributed by atoms with van der Waals surface area (Å²) in [4.78, 5) is 2.09. The summed E-state index contributed by atoms with van der Waals surface area (Å²) in [7, 11) is 4.00. The topological polar surface area (TPSA) is 3.24 Å². The minimum atomic E-state index is -4.25. The Labute approximate surface area is 112 Å². The number of nitrogens with zero attached hydrogens (tertiary/aromatic N) is 1. The maximum absolute atomic E-state index is 12.8. The van der Waals surface area contributed by atoms with E-state index in [1.807, 2.05) is 20.2 Å². The van der Waals surface area contributed by atoms with Gasteiger partial charge in [0.2, 0.25) is 0 Å². The van der Waals surface area contributed by atoms with Gasteiger partial charge in [-0.2, -0.15) is 13.2 Å². The van der Waals surface area contributed by atoms with Gasteiger partial charge in [-0.1, -0.05) is 24.6 Å². The molecule has 0 atom stereocenters. The van der Waals surface area contributed by atoms with Crippen molar-refractivity contribution in [3.63, 3.8) is 0 Å². The van der Waals surface area contributed by atoms with Gasteiger partial charge in [0.15, 0.2) is 0 Å². The summed E-state index contributed by atoms with van der Waals surface area (Å²) < 4.78 is 38.4. The number of rotatable bonds is 4. The smallest absolute Gasteiger partial charge is 0.309 e. The number of hydrogen-bond acceptors (Lipinski definition) is 1. The van der Waals surface area contributed by atoms with Crippen molar-refractivity contribution in [1.29, 1.82) is 0 Å². The summed E-state index contributed by atoms with van der Waals surface area (Å²) in [5.74, 6) is 0. The third-order valence-electron chi connectivity index (χ3n) is 4.15. The van der Waals surface area contributed by atoms with Crippen LogP contribution in [0, 0.1) is 0 Å². The van der Waals surface area contributed by atoms with Crippen LogP contribution in [0.15, 0.2) is 24.3 Å². The second-order valence-electron chi connectivity index (χ2n) is 5.77. The van der Waals surface area contributed by atoms with Gasteiger partial charge in [-0.25, -0.2) is 0 Å². The van der Waals surface area contributed by atoms with Crippen LogP contribution in [0.2, 0.25) is 0 Å². The van der Waals surface area contributed by atoms with Gasteiger partial charge in [-0.15, -0.1) is 0 Å². The molecule has 0 bridgehead atoms. The summed E-state index contributed by atoms with van der Waals surface area (Å²) in [6.07, 6.45) is -0.197. The van der Waals surface area contributed by atoms with Crippen molar-refractivity contribution in [3.8, 4) is 0 Å². The summed E-state index contributed by atoms with van der Waals surface area (Å²) in [6, 6.07) is 5.88. The lowest BCUT2D eigenvalue weighted by atomic mass is 9.62. The maximum atomic E-state index is 12.8. The molecule has 1 fully saturated rings. The van der Waals surface area contributed by atoms with Crippen LogP contribution in [0.5, 0.6) is 0 Å². The SMILES string of the molecule is CN(C)CCC1(c2cccc(C(F)(F)F)c2)CCC1. The quantitative estimate of drug-likeness (QED) is 0.797. The highest BCUT2D eigenvalue weighted by Crippen LogP contribution is 2.47. The van der Waals surface area contributed by atoms with E-state index < -0.39 is 11.7 Å². The molecule has 0 aromatic heterocycles. The zero-order valence-corrected chi connectivity index (χ0v) is 11.4. The molecule has 1 aliphatic rings. The first-order chi connectivity index (χ1) is 8.83. The number of alkyl halides is 3. The number of benzene rings is 1. The van der Waals surface area contributed by atoms with Gasteiger partial charge in [-0.05, 0) is 56.9 Å². The second-order valence-corrected chi connectivity index (χ2v) is 5.77. The van der Waals surface area contributed by atoms with Gasteiger partial charge in [0.25, 0.3) is 0 Å². The molecule has 4 heteroatoms. The van der Waals surface area contributed by atoms with Crippen LogP contribution >= 0.6 is 0 Å². The Morgan fingerprint density at radius 2 is 1.89 bits per heavy atom. The van der Waals surface area contributed by atoms with Crippen LogP contribution in [-0.2, 0) is 11.6 Å². The van der Waals surface area contributed by atoms with Crippen LogP contribution < -0.4 is 0 Å². The molecule has 1 nitrogen and oxygen atoms in total. The molecule has 1 aromatic carbocycles. The molecular formula is C15H20F3N. The van der Waals surface area contributed by atoms with Crippen LogP contribution in [0.25, 0.3) is 0 Å². The molecule has 2 rings (SSSR count). The van der Waals surface area contributed by atoms with Gasteiger partial charge in [0.05, 0.1) is 5.56 Å². The van der Waals surface area contributed by atoms with E-state index in [4.69, 9.17) is 0 Å². The average molecular weight is 271 g/mol. The summed E-state index contributed by atoms with van der Waals surface area (Å²) in [5, 5.41) is 0. The normalized spacial score (nSPS) is 18.4. The second kappa shape index (κ2) is 5.16. The van der Waals surface area contributed by atoms with Crippen LogP contribution in [-0.4, -0.2) is 25.5 Å². The largest absolute Gasteiger partial charge is 0.416 e. The minimum absolute atomic E-state index is 0.0362. The van der Waals surface area contributed by atoms with Crippen LogP contribution in [0.3, 0.4) is 0 Å². The van der Waals surface area contributed by atoms with E-state index in [0.717, 1.165) is 43.9 Å². The Balaban J connectivity index is 2.24. The van der Waals surface area contributed by atoms with Crippen molar-refractivity contribution >= 4 is 0 Å². The van der Waals surface area contributed by atoms with E-state index >= 15 is 0 Å². The number of hydrogen-bond donors (Lipinski definition) is 0. The van der Waals surface area contributed by atoms with E-state index in [1.54, 1.807) is 0 Å². The van der Waals surface area contributed by atoms with Crippen LogP contribution in [0.4, 0.5) is 13.2 Å². The molecule has 1 saturated carbocycles. The lowest BCUT2D eigenvalue weighted by Crippen LogP contribution is -2.37. The summed E-state index contributed by atoms with van der Waals surface area (Å²) in [5.41, 5.74) is 0.294. The zero-order valence-electron chi connectivity index (χ0n) is 11.4. The van der Waals surface area contributed by atoms with E-state index in [0.29, 0.717) is 0 Å². The zero-order chi connectivity index (χ0) is 14.1.